The van der Waals surface area contributed by atoms with E-state index in [1.54, 1.807) is 0 Å². The first kappa shape index (κ1) is 12.4. The van der Waals surface area contributed by atoms with E-state index in [2.05, 4.69) is 15.9 Å². The Labute approximate surface area is 109 Å². The summed E-state index contributed by atoms with van der Waals surface area (Å²) in [5.74, 6) is 0.153. The Kier molecular flexibility index (Phi) is 4.25. The number of halogens is 2. The summed E-state index contributed by atoms with van der Waals surface area (Å²) in [5, 5.41) is 10.9. The minimum absolute atomic E-state index is 0.153. The second-order valence-electron chi connectivity index (χ2n) is 4.07. The van der Waals surface area contributed by atoms with Crippen LogP contribution in [0.4, 0.5) is 0 Å². The lowest BCUT2D eigenvalue weighted by molar-refractivity contribution is -0.00994. The maximum atomic E-state index is 10.3. The van der Waals surface area contributed by atoms with E-state index in [0.29, 0.717) is 11.6 Å². The van der Waals surface area contributed by atoms with Crippen molar-refractivity contribution < 1.29 is 9.84 Å². The van der Waals surface area contributed by atoms with Gasteiger partial charge in [0, 0.05) is 22.6 Å². The van der Waals surface area contributed by atoms with Gasteiger partial charge in [-0.3, -0.25) is 0 Å². The molecule has 0 aliphatic carbocycles. The Morgan fingerprint density at radius 3 is 3.00 bits per heavy atom. The molecule has 2 unspecified atom stereocenters. The molecule has 0 radical (unpaired) electrons. The molecule has 1 aliphatic heterocycles. The van der Waals surface area contributed by atoms with Gasteiger partial charge in [-0.1, -0.05) is 23.7 Å². The highest BCUT2D eigenvalue weighted by molar-refractivity contribution is 9.10. The van der Waals surface area contributed by atoms with Crippen molar-refractivity contribution in [1.82, 2.24) is 0 Å². The Hall–Kier alpha value is -0.0900. The highest BCUT2D eigenvalue weighted by atomic mass is 79.9. The summed E-state index contributed by atoms with van der Waals surface area (Å²) in [6.45, 7) is 1.42. The van der Waals surface area contributed by atoms with Crippen molar-refractivity contribution in [2.75, 3.05) is 13.2 Å². The van der Waals surface area contributed by atoms with Gasteiger partial charge in [-0.05, 0) is 34.8 Å². The van der Waals surface area contributed by atoms with Gasteiger partial charge in [-0.25, -0.2) is 0 Å². The third kappa shape index (κ3) is 2.59. The summed E-state index contributed by atoms with van der Waals surface area (Å²) in [6, 6.07) is 5.63. The summed E-state index contributed by atoms with van der Waals surface area (Å²) < 4.78 is 6.20. The highest BCUT2D eigenvalue weighted by Gasteiger charge is 2.25. The molecule has 1 aromatic carbocycles. The molecule has 1 saturated heterocycles. The summed E-state index contributed by atoms with van der Waals surface area (Å²) in [5.41, 5.74) is 0.784. The highest BCUT2D eigenvalue weighted by Crippen LogP contribution is 2.35. The monoisotopic (exact) mass is 304 g/mol. The van der Waals surface area contributed by atoms with E-state index in [1.165, 1.54) is 0 Å². The molecule has 0 saturated carbocycles. The first-order chi connectivity index (χ1) is 7.70. The summed E-state index contributed by atoms with van der Waals surface area (Å²) >= 11 is 9.52. The van der Waals surface area contributed by atoms with Crippen LogP contribution >= 0.6 is 27.5 Å². The Balaban J connectivity index is 2.19. The van der Waals surface area contributed by atoms with E-state index in [9.17, 15) is 5.11 Å². The molecule has 0 amide bonds. The molecule has 0 spiro atoms. The zero-order chi connectivity index (χ0) is 11.5. The molecular weight excluding hydrogens is 291 g/mol. The number of aliphatic hydroxyl groups excluding tert-OH is 1. The fraction of sp³-hybridized carbons (Fsp3) is 0.500. The van der Waals surface area contributed by atoms with Crippen LogP contribution in [0.15, 0.2) is 22.7 Å². The van der Waals surface area contributed by atoms with Crippen LogP contribution in [0.5, 0.6) is 0 Å². The summed E-state index contributed by atoms with van der Waals surface area (Å²) in [6.07, 6.45) is 1.46. The number of aliphatic hydroxyl groups is 1. The molecule has 0 bridgehead atoms. The molecular formula is C12H14BrClO2. The summed E-state index contributed by atoms with van der Waals surface area (Å²) in [4.78, 5) is 0. The molecule has 2 nitrogen and oxygen atoms in total. The van der Waals surface area contributed by atoms with Crippen LogP contribution in [0, 0.1) is 5.92 Å². The van der Waals surface area contributed by atoms with Crippen molar-refractivity contribution in [3.63, 3.8) is 0 Å². The zero-order valence-corrected chi connectivity index (χ0v) is 11.2. The molecule has 2 atom stereocenters. The van der Waals surface area contributed by atoms with Crippen LogP contribution in [0.25, 0.3) is 0 Å². The molecule has 4 heteroatoms. The molecule has 88 valence electrons. The van der Waals surface area contributed by atoms with Crippen molar-refractivity contribution in [2.45, 2.75) is 18.9 Å². The Morgan fingerprint density at radius 2 is 2.31 bits per heavy atom. The van der Waals surface area contributed by atoms with Gasteiger partial charge in [0.05, 0.1) is 17.7 Å². The second-order valence-corrected chi connectivity index (χ2v) is 5.30. The number of rotatable bonds is 2. The van der Waals surface area contributed by atoms with Gasteiger partial charge in [0.1, 0.15) is 0 Å². The lowest BCUT2D eigenvalue weighted by Crippen LogP contribution is -2.23. The standard InChI is InChI=1S/C12H14BrClO2/c13-10-5-1-4-9(11(10)14)12(15)8-3-2-6-16-7-8/h1,4-5,8,12,15H,2-3,6-7H2. The average molecular weight is 306 g/mol. The van der Waals surface area contributed by atoms with Crippen molar-refractivity contribution in [1.29, 1.82) is 0 Å². The molecule has 1 aliphatic rings. The topological polar surface area (TPSA) is 29.5 Å². The van der Waals surface area contributed by atoms with Gasteiger partial charge in [-0.15, -0.1) is 0 Å². The van der Waals surface area contributed by atoms with Crippen LogP contribution in [-0.4, -0.2) is 18.3 Å². The molecule has 1 aromatic rings. The van der Waals surface area contributed by atoms with Crippen LogP contribution in [0.1, 0.15) is 24.5 Å². The lowest BCUT2D eigenvalue weighted by atomic mass is 9.91. The maximum Gasteiger partial charge on any atom is 0.0854 e. The third-order valence-electron chi connectivity index (χ3n) is 2.94. The Morgan fingerprint density at radius 1 is 1.50 bits per heavy atom. The van der Waals surface area contributed by atoms with Crippen LogP contribution in [0.2, 0.25) is 5.02 Å². The number of benzene rings is 1. The molecule has 0 aromatic heterocycles. The van der Waals surface area contributed by atoms with Crippen molar-refractivity contribution in [2.24, 2.45) is 5.92 Å². The SMILES string of the molecule is OC(c1cccc(Br)c1Cl)C1CCCOC1. The lowest BCUT2D eigenvalue weighted by Gasteiger charge is -2.27. The van der Waals surface area contributed by atoms with E-state index in [1.807, 2.05) is 18.2 Å². The Bertz CT molecular complexity index is 364. The molecule has 1 fully saturated rings. The quantitative estimate of drug-likeness (QED) is 0.905. The number of hydrogen-bond donors (Lipinski definition) is 1. The summed E-state index contributed by atoms with van der Waals surface area (Å²) in [7, 11) is 0. The van der Waals surface area contributed by atoms with Crippen LogP contribution < -0.4 is 0 Å². The largest absolute Gasteiger partial charge is 0.388 e. The van der Waals surface area contributed by atoms with E-state index in [-0.39, 0.29) is 5.92 Å². The average Bonchev–Trinajstić information content (AvgIpc) is 2.33. The van der Waals surface area contributed by atoms with Gasteiger partial charge in [-0.2, -0.15) is 0 Å². The minimum atomic E-state index is -0.537. The first-order valence-corrected chi connectivity index (χ1v) is 6.57. The van der Waals surface area contributed by atoms with Crippen molar-refractivity contribution >= 4 is 27.5 Å². The van der Waals surface area contributed by atoms with E-state index >= 15 is 0 Å². The van der Waals surface area contributed by atoms with Gasteiger partial charge in [0.2, 0.25) is 0 Å². The fourth-order valence-electron chi connectivity index (χ4n) is 2.02. The normalized spacial score (nSPS) is 23.1. The predicted molar refractivity (Wildman–Crippen MR) is 67.7 cm³/mol. The van der Waals surface area contributed by atoms with Crippen LogP contribution in [0.3, 0.4) is 0 Å². The van der Waals surface area contributed by atoms with Gasteiger partial charge >= 0.3 is 0 Å². The fourth-order valence-corrected chi connectivity index (χ4v) is 2.64. The van der Waals surface area contributed by atoms with E-state index in [4.69, 9.17) is 16.3 Å². The number of ether oxygens (including phenoxy) is 1. The smallest absolute Gasteiger partial charge is 0.0854 e. The second kappa shape index (κ2) is 5.50. The van der Waals surface area contributed by atoms with E-state index in [0.717, 1.165) is 29.5 Å². The van der Waals surface area contributed by atoms with Crippen molar-refractivity contribution in [3.05, 3.63) is 33.3 Å². The molecule has 1 N–H and O–H groups in total. The first-order valence-electron chi connectivity index (χ1n) is 5.40. The third-order valence-corrected chi connectivity index (χ3v) is 4.25. The van der Waals surface area contributed by atoms with Gasteiger partial charge < -0.3 is 9.84 Å². The molecule has 16 heavy (non-hydrogen) atoms. The van der Waals surface area contributed by atoms with Crippen molar-refractivity contribution in [3.8, 4) is 0 Å². The van der Waals surface area contributed by atoms with E-state index < -0.39 is 6.10 Å². The maximum absolute atomic E-state index is 10.3. The minimum Gasteiger partial charge on any atom is -0.388 e. The molecule has 2 rings (SSSR count). The molecule has 1 heterocycles. The number of hydrogen-bond acceptors (Lipinski definition) is 2. The van der Waals surface area contributed by atoms with Crippen LogP contribution in [-0.2, 0) is 4.74 Å². The van der Waals surface area contributed by atoms with Gasteiger partial charge in [0.15, 0.2) is 0 Å². The zero-order valence-electron chi connectivity index (χ0n) is 8.83. The van der Waals surface area contributed by atoms with Gasteiger partial charge in [0.25, 0.3) is 0 Å². The predicted octanol–water partition coefficient (Wildman–Crippen LogP) is 3.56.